The number of benzene rings is 3. The van der Waals surface area contributed by atoms with E-state index in [0.29, 0.717) is 11.4 Å². The molecule has 122 valence electrons. The number of nitro benzene ring substituents is 1. The molecule has 0 amide bonds. The summed E-state index contributed by atoms with van der Waals surface area (Å²) in [5.74, 6) is 0.502. The maximum atomic E-state index is 11.5. The number of imidazole rings is 1. The van der Waals surface area contributed by atoms with Crippen molar-refractivity contribution >= 4 is 16.7 Å². The van der Waals surface area contributed by atoms with Crippen molar-refractivity contribution in [2.45, 2.75) is 6.92 Å². The largest absolute Gasteiger partial charge is 0.338 e. The number of rotatable bonds is 3. The molecular formula is C20H15N3O2. The van der Waals surface area contributed by atoms with Crippen molar-refractivity contribution in [1.82, 2.24) is 9.97 Å². The Kier molecular flexibility index (Phi) is 3.54. The maximum absolute atomic E-state index is 11.5. The predicted molar refractivity (Wildman–Crippen MR) is 98.4 cm³/mol. The van der Waals surface area contributed by atoms with Crippen LogP contribution in [0.2, 0.25) is 0 Å². The van der Waals surface area contributed by atoms with Gasteiger partial charge in [-0.15, -0.1) is 0 Å². The lowest BCUT2D eigenvalue weighted by atomic mass is 10.0. The number of nitrogens with zero attached hydrogens (tertiary/aromatic N) is 2. The number of nitrogens with one attached hydrogen (secondary N) is 1. The van der Waals surface area contributed by atoms with Crippen LogP contribution in [0.1, 0.15) is 5.56 Å². The van der Waals surface area contributed by atoms with Crippen LogP contribution < -0.4 is 0 Å². The van der Waals surface area contributed by atoms with Crippen molar-refractivity contribution in [3.8, 4) is 22.5 Å². The molecule has 0 atom stereocenters. The molecule has 1 N–H and O–H groups in total. The summed E-state index contributed by atoms with van der Waals surface area (Å²) < 4.78 is 0. The van der Waals surface area contributed by atoms with Crippen LogP contribution in [0.25, 0.3) is 33.5 Å². The zero-order chi connectivity index (χ0) is 17.4. The third-order valence-electron chi connectivity index (χ3n) is 4.22. The molecule has 3 aromatic carbocycles. The van der Waals surface area contributed by atoms with Gasteiger partial charge >= 0.3 is 0 Å². The highest BCUT2D eigenvalue weighted by molar-refractivity contribution is 5.83. The molecule has 0 radical (unpaired) electrons. The Morgan fingerprint density at radius 1 is 0.960 bits per heavy atom. The van der Waals surface area contributed by atoms with Crippen molar-refractivity contribution in [3.63, 3.8) is 0 Å². The van der Waals surface area contributed by atoms with Gasteiger partial charge in [0.15, 0.2) is 0 Å². The monoisotopic (exact) mass is 329 g/mol. The zero-order valence-corrected chi connectivity index (χ0v) is 13.6. The first-order chi connectivity index (χ1) is 12.1. The number of aromatic amines is 1. The second kappa shape index (κ2) is 5.87. The molecule has 0 saturated carbocycles. The highest BCUT2D eigenvalue weighted by atomic mass is 16.6. The van der Waals surface area contributed by atoms with Crippen LogP contribution in [0, 0.1) is 17.0 Å². The van der Waals surface area contributed by atoms with Crippen LogP contribution in [0.5, 0.6) is 0 Å². The fourth-order valence-corrected chi connectivity index (χ4v) is 2.89. The van der Waals surface area contributed by atoms with Crippen LogP contribution >= 0.6 is 0 Å². The number of H-pyrrole nitrogens is 1. The Bertz CT molecular complexity index is 1050. The molecule has 25 heavy (non-hydrogen) atoms. The van der Waals surface area contributed by atoms with Gasteiger partial charge in [0.05, 0.1) is 21.5 Å². The number of nitro groups is 1. The molecule has 0 unspecified atom stereocenters. The molecule has 4 aromatic rings. The molecule has 1 heterocycles. The van der Waals surface area contributed by atoms with Gasteiger partial charge in [0.25, 0.3) is 5.69 Å². The first-order valence-electron chi connectivity index (χ1n) is 7.92. The van der Waals surface area contributed by atoms with Crippen molar-refractivity contribution in [2.24, 2.45) is 0 Å². The summed E-state index contributed by atoms with van der Waals surface area (Å²) in [5.41, 5.74) is 5.26. The zero-order valence-electron chi connectivity index (χ0n) is 13.6. The van der Waals surface area contributed by atoms with Crippen molar-refractivity contribution in [1.29, 1.82) is 0 Å². The van der Waals surface area contributed by atoms with E-state index in [1.54, 1.807) is 6.07 Å². The number of hydrogen-bond acceptors (Lipinski definition) is 3. The molecule has 0 aliphatic rings. The Labute approximate surface area is 144 Å². The first-order valence-corrected chi connectivity index (χ1v) is 7.92. The number of para-hydroxylation sites is 2. The molecule has 0 saturated heterocycles. The van der Waals surface area contributed by atoms with E-state index in [4.69, 9.17) is 0 Å². The van der Waals surface area contributed by atoms with E-state index in [1.165, 1.54) is 11.6 Å². The van der Waals surface area contributed by atoms with Crippen LogP contribution in [0.3, 0.4) is 0 Å². The number of hydrogen-bond donors (Lipinski definition) is 1. The summed E-state index contributed by atoms with van der Waals surface area (Å²) in [6.45, 7) is 2.03. The third-order valence-corrected chi connectivity index (χ3v) is 4.22. The molecule has 1 aromatic heterocycles. The van der Waals surface area contributed by atoms with Crippen LogP contribution in [0.4, 0.5) is 5.69 Å². The Morgan fingerprint density at radius 2 is 1.68 bits per heavy atom. The van der Waals surface area contributed by atoms with Gasteiger partial charge in [0, 0.05) is 6.07 Å². The molecule has 0 aliphatic carbocycles. The summed E-state index contributed by atoms with van der Waals surface area (Å²) in [5, 5.41) is 11.5. The van der Waals surface area contributed by atoms with E-state index in [9.17, 15) is 10.1 Å². The average molecular weight is 329 g/mol. The number of fused-ring (bicyclic) bond motifs is 1. The first kappa shape index (κ1) is 15.1. The second-order valence-corrected chi connectivity index (χ2v) is 5.96. The van der Waals surface area contributed by atoms with Gasteiger partial charge in [0.2, 0.25) is 0 Å². The predicted octanol–water partition coefficient (Wildman–Crippen LogP) is 5.11. The fraction of sp³-hybridized carbons (Fsp3) is 0.0500. The summed E-state index contributed by atoms with van der Waals surface area (Å²) >= 11 is 0. The summed E-state index contributed by atoms with van der Waals surface area (Å²) in [7, 11) is 0. The quantitative estimate of drug-likeness (QED) is 0.419. The normalized spacial score (nSPS) is 10.9. The van der Waals surface area contributed by atoms with Crippen molar-refractivity contribution < 1.29 is 4.92 Å². The highest BCUT2D eigenvalue weighted by Crippen LogP contribution is 2.33. The molecule has 4 rings (SSSR count). The van der Waals surface area contributed by atoms with E-state index >= 15 is 0 Å². The second-order valence-electron chi connectivity index (χ2n) is 5.96. The average Bonchev–Trinajstić information content (AvgIpc) is 3.06. The molecule has 0 aliphatic heterocycles. The lowest BCUT2D eigenvalue weighted by molar-refractivity contribution is -0.384. The molecule has 0 bridgehead atoms. The molecule has 0 spiro atoms. The van der Waals surface area contributed by atoms with E-state index in [0.717, 1.165) is 22.2 Å². The van der Waals surface area contributed by atoms with Gasteiger partial charge < -0.3 is 4.98 Å². The van der Waals surface area contributed by atoms with Crippen LogP contribution in [-0.4, -0.2) is 14.9 Å². The minimum atomic E-state index is -0.374. The van der Waals surface area contributed by atoms with E-state index < -0.39 is 0 Å². The molecule has 5 heteroatoms. The van der Waals surface area contributed by atoms with E-state index in [1.807, 2.05) is 61.5 Å². The lowest BCUT2D eigenvalue weighted by Crippen LogP contribution is -1.94. The van der Waals surface area contributed by atoms with Gasteiger partial charge in [0.1, 0.15) is 5.82 Å². The maximum Gasteiger partial charge on any atom is 0.280 e. The van der Waals surface area contributed by atoms with Gasteiger partial charge in [-0.1, -0.05) is 42.0 Å². The fourth-order valence-electron chi connectivity index (χ4n) is 2.89. The van der Waals surface area contributed by atoms with Crippen LogP contribution in [-0.2, 0) is 0 Å². The minimum Gasteiger partial charge on any atom is -0.338 e. The summed E-state index contributed by atoms with van der Waals surface area (Å²) in [6.07, 6.45) is 0. The van der Waals surface area contributed by atoms with E-state index in [2.05, 4.69) is 9.97 Å². The Hall–Kier alpha value is -3.47. The van der Waals surface area contributed by atoms with Gasteiger partial charge in [-0.25, -0.2) is 4.98 Å². The summed E-state index contributed by atoms with van der Waals surface area (Å²) in [4.78, 5) is 18.8. The minimum absolute atomic E-state index is 0.0370. The highest BCUT2D eigenvalue weighted by Gasteiger charge is 2.19. The topological polar surface area (TPSA) is 71.8 Å². The third kappa shape index (κ3) is 2.76. The van der Waals surface area contributed by atoms with E-state index in [-0.39, 0.29) is 10.6 Å². The van der Waals surface area contributed by atoms with Crippen LogP contribution in [0.15, 0.2) is 66.7 Å². The van der Waals surface area contributed by atoms with Gasteiger partial charge in [-0.3, -0.25) is 10.1 Å². The smallest absolute Gasteiger partial charge is 0.280 e. The number of aryl methyl sites for hydroxylation is 1. The van der Waals surface area contributed by atoms with Crippen molar-refractivity contribution in [3.05, 3.63) is 82.4 Å². The van der Waals surface area contributed by atoms with Crippen molar-refractivity contribution in [2.75, 3.05) is 0 Å². The standard InChI is InChI=1S/C20H15N3O2/c1-13-6-8-14(9-7-13)15-10-11-19(23(24)25)16(12-15)20-21-17-4-2-3-5-18(17)22-20/h2-12H,1H3,(H,21,22). The molecule has 5 nitrogen and oxygen atoms in total. The lowest BCUT2D eigenvalue weighted by Gasteiger charge is -2.06. The molecular weight excluding hydrogens is 314 g/mol. The molecule has 0 fully saturated rings. The Morgan fingerprint density at radius 3 is 2.40 bits per heavy atom. The summed E-state index contributed by atoms with van der Waals surface area (Å²) in [6, 6.07) is 20.8. The van der Waals surface area contributed by atoms with Gasteiger partial charge in [-0.05, 0) is 42.3 Å². The van der Waals surface area contributed by atoms with Gasteiger partial charge in [-0.2, -0.15) is 0 Å². The number of aromatic nitrogens is 2. The SMILES string of the molecule is Cc1ccc(-c2ccc([N+](=O)[O-])c(-c3nc4ccccc4[nH]3)c2)cc1. The Balaban J connectivity index is 1.90.